The molecule has 5 atom stereocenters. The maximum absolute atomic E-state index is 13.4. The number of hydrogen-bond acceptors (Lipinski definition) is 7. The average molecular weight is 508 g/mol. The molecule has 2 saturated heterocycles. The molecular weight excluding hydrogens is 477 g/mol. The van der Waals surface area contributed by atoms with Gasteiger partial charge in [0.1, 0.15) is 17.7 Å². The van der Waals surface area contributed by atoms with E-state index in [0.717, 1.165) is 0 Å². The normalized spacial score (nSPS) is 24.4. The Morgan fingerprint density at radius 1 is 1.20 bits per heavy atom. The zero-order valence-electron chi connectivity index (χ0n) is 19.6. The highest BCUT2D eigenvalue weighted by Gasteiger charge is 2.52. The Bertz CT molecular complexity index is 861. The Labute approximate surface area is 199 Å². The molecule has 35 heavy (non-hydrogen) atoms. The minimum Gasteiger partial charge on any atom is -0.444 e. The highest BCUT2D eigenvalue weighted by atomic mass is 19.4. The molecule has 0 aromatic heterocycles. The van der Waals surface area contributed by atoms with Gasteiger partial charge in [-0.05, 0) is 40.0 Å². The SMILES string of the molecule is CC(C)(C)OC(=O)N[C@@H](N)C(=O)N1C[C@H](C(F)(F)F)C[C@H]1C(=O)N[C@@H](C[C@@H]1CCNC1=O)C(N)=O. The van der Waals surface area contributed by atoms with E-state index in [1.165, 1.54) is 0 Å². The van der Waals surface area contributed by atoms with Crippen LogP contribution in [0, 0.1) is 11.8 Å². The third-order valence-corrected chi connectivity index (χ3v) is 5.63. The number of nitrogens with one attached hydrogen (secondary N) is 3. The Morgan fingerprint density at radius 3 is 2.31 bits per heavy atom. The molecule has 0 saturated carbocycles. The van der Waals surface area contributed by atoms with Crippen molar-refractivity contribution in [2.24, 2.45) is 23.3 Å². The summed E-state index contributed by atoms with van der Waals surface area (Å²) < 4.78 is 45.3. The van der Waals surface area contributed by atoms with Crippen LogP contribution in [0.25, 0.3) is 0 Å². The summed E-state index contributed by atoms with van der Waals surface area (Å²) in [6.07, 6.45) is -8.11. The first-order valence-corrected chi connectivity index (χ1v) is 11.0. The van der Waals surface area contributed by atoms with Crippen molar-refractivity contribution in [3.8, 4) is 0 Å². The van der Waals surface area contributed by atoms with Gasteiger partial charge < -0.3 is 31.7 Å². The van der Waals surface area contributed by atoms with Crippen molar-refractivity contribution in [2.45, 2.75) is 70.1 Å². The van der Waals surface area contributed by atoms with Gasteiger partial charge >= 0.3 is 12.3 Å². The number of carbonyl (C=O) groups is 5. The maximum atomic E-state index is 13.4. The lowest BCUT2D eigenvalue weighted by Gasteiger charge is -2.29. The lowest BCUT2D eigenvalue weighted by atomic mass is 9.97. The van der Waals surface area contributed by atoms with Crippen LogP contribution in [0.4, 0.5) is 18.0 Å². The second kappa shape index (κ2) is 10.7. The van der Waals surface area contributed by atoms with Gasteiger partial charge in [0.25, 0.3) is 5.91 Å². The van der Waals surface area contributed by atoms with Gasteiger partial charge in [-0.2, -0.15) is 13.2 Å². The summed E-state index contributed by atoms with van der Waals surface area (Å²) in [5.41, 5.74) is 10.1. The molecular formula is C20H31F3N6O6. The van der Waals surface area contributed by atoms with Gasteiger partial charge in [-0.15, -0.1) is 0 Å². The number of nitrogens with zero attached hydrogens (tertiary/aromatic N) is 1. The number of primary amides is 1. The number of likely N-dealkylation sites (tertiary alicyclic amines) is 1. The highest BCUT2D eigenvalue weighted by molar-refractivity contribution is 5.94. The summed E-state index contributed by atoms with van der Waals surface area (Å²) in [6.45, 7) is 4.16. The molecule has 0 unspecified atom stereocenters. The van der Waals surface area contributed by atoms with Crippen LogP contribution in [-0.4, -0.2) is 77.7 Å². The van der Waals surface area contributed by atoms with Crippen molar-refractivity contribution in [3.63, 3.8) is 0 Å². The number of alkyl halides is 3. The lowest BCUT2D eigenvalue weighted by molar-refractivity contribution is -0.171. The van der Waals surface area contributed by atoms with Crippen molar-refractivity contribution in [1.82, 2.24) is 20.9 Å². The van der Waals surface area contributed by atoms with Crippen molar-refractivity contribution >= 4 is 29.7 Å². The number of nitrogens with two attached hydrogens (primary N) is 2. The second-order valence-electron chi connectivity index (χ2n) is 9.58. The van der Waals surface area contributed by atoms with Gasteiger partial charge in [0.2, 0.25) is 17.7 Å². The fourth-order valence-corrected chi connectivity index (χ4v) is 3.91. The van der Waals surface area contributed by atoms with E-state index in [4.69, 9.17) is 16.2 Å². The average Bonchev–Trinajstić information content (AvgIpc) is 3.31. The maximum Gasteiger partial charge on any atom is 0.409 e. The number of hydrogen-bond donors (Lipinski definition) is 5. The molecule has 198 valence electrons. The molecule has 2 heterocycles. The molecule has 0 bridgehead atoms. The minimum absolute atomic E-state index is 0.143. The Balaban J connectivity index is 2.16. The number of alkyl carbamates (subject to hydrolysis) is 1. The zero-order valence-corrected chi connectivity index (χ0v) is 19.6. The van der Waals surface area contributed by atoms with Crippen LogP contribution in [0.15, 0.2) is 0 Å². The van der Waals surface area contributed by atoms with Gasteiger partial charge in [0.05, 0.1) is 5.92 Å². The van der Waals surface area contributed by atoms with Crippen LogP contribution in [0.3, 0.4) is 0 Å². The minimum atomic E-state index is -4.72. The van der Waals surface area contributed by atoms with Gasteiger partial charge in [0, 0.05) is 19.0 Å². The van der Waals surface area contributed by atoms with Crippen molar-refractivity contribution in [3.05, 3.63) is 0 Å². The van der Waals surface area contributed by atoms with E-state index in [1.807, 2.05) is 5.32 Å². The molecule has 2 aliphatic heterocycles. The van der Waals surface area contributed by atoms with Crippen LogP contribution in [-0.2, 0) is 23.9 Å². The first-order valence-electron chi connectivity index (χ1n) is 11.0. The molecule has 7 N–H and O–H groups in total. The van der Waals surface area contributed by atoms with Gasteiger partial charge in [-0.1, -0.05) is 0 Å². The predicted octanol–water partition coefficient (Wildman–Crippen LogP) is -0.928. The summed E-state index contributed by atoms with van der Waals surface area (Å²) in [5, 5.41) is 6.87. The number of halogens is 3. The third-order valence-electron chi connectivity index (χ3n) is 5.63. The molecule has 12 nitrogen and oxygen atoms in total. The van der Waals surface area contributed by atoms with Gasteiger partial charge in [-0.3, -0.25) is 24.5 Å². The summed E-state index contributed by atoms with van der Waals surface area (Å²) >= 11 is 0. The Morgan fingerprint density at radius 2 is 1.83 bits per heavy atom. The Kier molecular flexibility index (Phi) is 8.57. The number of rotatable bonds is 7. The van der Waals surface area contributed by atoms with E-state index in [2.05, 4.69) is 10.6 Å². The molecule has 2 rings (SSSR count). The van der Waals surface area contributed by atoms with Crippen LogP contribution in [0.1, 0.15) is 40.0 Å². The molecule has 0 aliphatic carbocycles. The molecule has 5 amide bonds. The van der Waals surface area contributed by atoms with E-state index < -0.39 is 78.6 Å². The van der Waals surface area contributed by atoms with E-state index >= 15 is 0 Å². The summed E-state index contributed by atoms with van der Waals surface area (Å²) in [4.78, 5) is 61.9. The first-order chi connectivity index (χ1) is 16.0. The zero-order chi connectivity index (χ0) is 26.7. The smallest absolute Gasteiger partial charge is 0.409 e. The fourth-order valence-electron chi connectivity index (χ4n) is 3.91. The summed E-state index contributed by atoms with van der Waals surface area (Å²) in [5.74, 6) is -6.17. The fraction of sp³-hybridized carbons (Fsp3) is 0.750. The van der Waals surface area contributed by atoms with E-state index in [1.54, 1.807) is 20.8 Å². The molecule has 0 aromatic rings. The van der Waals surface area contributed by atoms with Crippen molar-refractivity contribution in [2.75, 3.05) is 13.1 Å². The standard InChI is InChI=1S/C20H31F3N6O6/c1-19(2,3)35-18(34)28-13(24)17(33)29-8-10(20(21,22)23)7-12(29)16(32)27-11(14(25)30)6-9-4-5-26-15(9)31/h9-13H,4-8,24H2,1-3H3,(H2,25,30)(H,26,31)(H,27,32)(H,28,34)/t9-,10+,11-,12-,13+/m0/s1. The summed E-state index contributed by atoms with van der Waals surface area (Å²) in [7, 11) is 0. The predicted molar refractivity (Wildman–Crippen MR) is 114 cm³/mol. The Hall–Kier alpha value is -3.10. The van der Waals surface area contributed by atoms with Crippen LogP contribution >= 0.6 is 0 Å². The van der Waals surface area contributed by atoms with Crippen molar-refractivity contribution in [1.29, 1.82) is 0 Å². The van der Waals surface area contributed by atoms with Gasteiger partial charge in [-0.25, -0.2) is 4.79 Å². The van der Waals surface area contributed by atoms with Crippen LogP contribution in [0.5, 0.6) is 0 Å². The molecule has 0 spiro atoms. The number of carbonyl (C=O) groups excluding carboxylic acids is 5. The van der Waals surface area contributed by atoms with E-state index in [9.17, 15) is 37.1 Å². The number of amides is 5. The lowest BCUT2D eigenvalue weighted by Crippen LogP contribution is -2.58. The molecule has 2 fully saturated rings. The molecule has 0 aromatic carbocycles. The van der Waals surface area contributed by atoms with E-state index in [-0.39, 0.29) is 12.3 Å². The number of ether oxygens (including phenoxy) is 1. The molecule has 0 radical (unpaired) electrons. The quantitative estimate of drug-likeness (QED) is 0.275. The molecule has 2 aliphatic rings. The topological polar surface area (TPSA) is 186 Å². The highest BCUT2D eigenvalue weighted by Crippen LogP contribution is 2.37. The van der Waals surface area contributed by atoms with Crippen LogP contribution in [0.2, 0.25) is 0 Å². The molecule has 15 heteroatoms. The first kappa shape index (κ1) is 28.1. The van der Waals surface area contributed by atoms with Crippen LogP contribution < -0.4 is 27.4 Å². The van der Waals surface area contributed by atoms with E-state index in [0.29, 0.717) is 17.9 Å². The summed E-state index contributed by atoms with van der Waals surface area (Å²) in [6, 6.07) is -2.98. The largest absolute Gasteiger partial charge is 0.444 e. The third kappa shape index (κ3) is 7.70. The van der Waals surface area contributed by atoms with Crippen molar-refractivity contribution < 1.29 is 41.9 Å². The monoisotopic (exact) mass is 508 g/mol. The van der Waals surface area contributed by atoms with Gasteiger partial charge in [0.15, 0.2) is 6.17 Å². The second-order valence-corrected chi connectivity index (χ2v) is 9.58.